The van der Waals surface area contributed by atoms with Crippen molar-refractivity contribution in [2.45, 2.75) is 62.9 Å². The van der Waals surface area contributed by atoms with E-state index in [0.29, 0.717) is 16.7 Å². The van der Waals surface area contributed by atoms with E-state index in [1.807, 2.05) is 0 Å². The highest BCUT2D eigenvalue weighted by atomic mass is 15.0. The van der Waals surface area contributed by atoms with Gasteiger partial charge >= 0.3 is 0 Å². The molecule has 0 aromatic heterocycles. The Labute approximate surface area is 121 Å². The first-order valence-electron chi connectivity index (χ1n) is 7.89. The van der Waals surface area contributed by atoms with Crippen molar-refractivity contribution >= 4 is 0 Å². The van der Waals surface area contributed by atoms with E-state index in [-0.39, 0.29) is 11.1 Å². The summed E-state index contributed by atoms with van der Waals surface area (Å²) in [5.74, 6) is 0.317. The van der Waals surface area contributed by atoms with Crippen LogP contribution in [0.4, 0.5) is 0 Å². The molecule has 0 saturated heterocycles. The normalized spacial score (nSPS) is 53.3. The molecular formula is C18H26N2. The van der Waals surface area contributed by atoms with Crippen LogP contribution in [-0.4, -0.2) is 11.1 Å². The van der Waals surface area contributed by atoms with E-state index in [2.05, 4.69) is 44.2 Å². The fourth-order valence-corrected chi connectivity index (χ4v) is 7.00. The molecule has 4 saturated carbocycles. The third kappa shape index (κ3) is 1.58. The van der Waals surface area contributed by atoms with Crippen LogP contribution in [0.15, 0.2) is 30.3 Å². The van der Waals surface area contributed by atoms with Crippen LogP contribution < -0.4 is 11.5 Å². The van der Waals surface area contributed by atoms with Crippen molar-refractivity contribution < 1.29 is 0 Å². The van der Waals surface area contributed by atoms with Crippen LogP contribution in [-0.2, 0) is 0 Å². The maximum atomic E-state index is 6.97. The third-order valence-electron chi connectivity index (χ3n) is 6.16. The zero-order valence-corrected chi connectivity index (χ0v) is 12.7. The summed E-state index contributed by atoms with van der Waals surface area (Å²) in [6.45, 7) is 4.82. The number of nitrogens with two attached hydrogens (primary N) is 2. The van der Waals surface area contributed by atoms with Crippen molar-refractivity contribution in [3.8, 4) is 0 Å². The molecule has 0 heterocycles. The summed E-state index contributed by atoms with van der Waals surface area (Å²) in [5.41, 5.74) is 15.8. The number of hydrogen-bond acceptors (Lipinski definition) is 2. The molecule has 4 bridgehead atoms. The topological polar surface area (TPSA) is 52.0 Å². The molecule has 108 valence electrons. The highest BCUT2D eigenvalue weighted by Gasteiger charge is 2.68. The molecule has 0 aliphatic heterocycles. The minimum absolute atomic E-state index is 0.117. The highest BCUT2D eigenvalue weighted by Crippen LogP contribution is 2.70. The summed E-state index contributed by atoms with van der Waals surface area (Å²) in [6, 6.07) is 10.8. The van der Waals surface area contributed by atoms with E-state index in [0.717, 1.165) is 25.7 Å². The Morgan fingerprint density at radius 1 is 0.800 bits per heavy atom. The third-order valence-corrected chi connectivity index (χ3v) is 6.16. The summed E-state index contributed by atoms with van der Waals surface area (Å²) in [4.78, 5) is 0. The van der Waals surface area contributed by atoms with Gasteiger partial charge in [-0.05, 0) is 48.5 Å². The van der Waals surface area contributed by atoms with Gasteiger partial charge in [0.25, 0.3) is 0 Å². The molecule has 0 spiro atoms. The quantitative estimate of drug-likeness (QED) is 0.823. The SMILES string of the molecule is CC12CC3(C)CC(N)(C1)C(c1ccccc1)C(N)(C2)C3. The smallest absolute Gasteiger partial charge is 0.0252 e. The second kappa shape index (κ2) is 3.48. The van der Waals surface area contributed by atoms with Crippen molar-refractivity contribution in [3.63, 3.8) is 0 Å². The van der Waals surface area contributed by atoms with E-state index in [4.69, 9.17) is 11.5 Å². The predicted octanol–water partition coefficient (Wildman–Crippen LogP) is 3.17. The molecule has 0 atom stereocenters. The van der Waals surface area contributed by atoms with Gasteiger partial charge in [0.15, 0.2) is 0 Å². The highest BCUT2D eigenvalue weighted by molar-refractivity contribution is 5.36. The Bertz CT molecular complexity index is 506. The Morgan fingerprint density at radius 2 is 1.25 bits per heavy atom. The molecule has 4 aliphatic rings. The van der Waals surface area contributed by atoms with Gasteiger partial charge < -0.3 is 11.5 Å². The van der Waals surface area contributed by atoms with E-state index in [1.54, 1.807) is 0 Å². The Balaban J connectivity index is 1.87. The van der Waals surface area contributed by atoms with E-state index in [9.17, 15) is 0 Å². The van der Waals surface area contributed by atoms with E-state index < -0.39 is 0 Å². The molecule has 5 rings (SSSR count). The Kier molecular flexibility index (Phi) is 2.23. The van der Waals surface area contributed by atoms with E-state index >= 15 is 0 Å². The fourth-order valence-electron chi connectivity index (χ4n) is 7.00. The maximum absolute atomic E-state index is 6.97. The minimum Gasteiger partial charge on any atom is -0.324 e. The van der Waals surface area contributed by atoms with Gasteiger partial charge in [-0.25, -0.2) is 0 Å². The molecule has 2 nitrogen and oxygen atoms in total. The van der Waals surface area contributed by atoms with Gasteiger partial charge in [0, 0.05) is 17.0 Å². The lowest BCUT2D eigenvalue weighted by atomic mass is 9.37. The van der Waals surface area contributed by atoms with Crippen LogP contribution in [0.2, 0.25) is 0 Å². The monoisotopic (exact) mass is 270 g/mol. The summed E-state index contributed by atoms with van der Waals surface area (Å²) in [6.07, 6.45) is 5.84. The maximum Gasteiger partial charge on any atom is 0.0252 e. The van der Waals surface area contributed by atoms with Crippen molar-refractivity contribution in [3.05, 3.63) is 35.9 Å². The molecule has 0 amide bonds. The summed E-state index contributed by atoms with van der Waals surface area (Å²) >= 11 is 0. The van der Waals surface area contributed by atoms with Gasteiger partial charge in [0.05, 0.1) is 0 Å². The number of hydrogen-bond donors (Lipinski definition) is 2. The molecule has 4 fully saturated rings. The van der Waals surface area contributed by atoms with Gasteiger partial charge in [-0.3, -0.25) is 0 Å². The van der Waals surface area contributed by atoms with Gasteiger partial charge in [-0.15, -0.1) is 0 Å². The Morgan fingerprint density at radius 3 is 1.70 bits per heavy atom. The van der Waals surface area contributed by atoms with Crippen molar-refractivity contribution in [2.24, 2.45) is 22.3 Å². The molecular weight excluding hydrogens is 244 g/mol. The molecule has 2 heteroatoms. The first kappa shape index (κ1) is 12.8. The summed E-state index contributed by atoms with van der Waals surface area (Å²) < 4.78 is 0. The first-order chi connectivity index (χ1) is 9.26. The standard InChI is InChI=1S/C18H26N2/c1-15-8-16(2)11-17(19,9-15)14(18(20,10-15)12-16)13-6-4-3-5-7-13/h3-7,14H,8-12,19-20H2,1-2H3. The zero-order valence-electron chi connectivity index (χ0n) is 12.7. The molecule has 0 unspecified atom stereocenters. The fraction of sp³-hybridized carbons (Fsp3) is 0.667. The average molecular weight is 270 g/mol. The van der Waals surface area contributed by atoms with Crippen LogP contribution in [0.3, 0.4) is 0 Å². The largest absolute Gasteiger partial charge is 0.324 e. The van der Waals surface area contributed by atoms with Crippen LogP contribution in [0.25, 0.3) is 0 Å². The molecule has 1 aromatic rings. The lowest BCUT2D eigenvalue weighted by Crippen LogP contribution is -2.75. The Hall–Kier alpha value is -0.860. The predicted molar refractivity (Wildman–Crippen MR) is 82.3 cm³/mol. The van der Waals surface area contributed by atoms with Crippen molar-refractivity contribution in [2.75, 3.05) is 0 Å². The van der Waals surface area contributed by atoms with Gasteiger partial charge in [-0.2, -0.15) is 0 Å². The number of rotatable bonds is 1. The second-order valence-corrected chi connectivity index (χ2v) is 8.82. The minimum atomic E-state index is -0.117. The molecule has 4 aliphatic carbocycles. The van der Waals surface area contributed by atoms with Crippen LogP contribution in [0.5, 0.6) is 0 Å². The molecule has 4 N–H and O–H groups in total. The average Bonchev–Trinajstić information content (AvgIpc) is 2.22. The van der Waals surface area contributed by atoms with Crippen LogP contribution in [0, 0.1) is 10.8 Å². The second-order valence-electron chi connectivity index (χ2n) is 8.82. The van der Waals surface area contributed by atoms with Crippen LogP contribution >= 0.6 is 0 Å². The molecule has 1 aromatic carbocycles. The number of benzene rings is 1. The lowest BCUT2D eigenvalue weighted by Gasteiger charge is -2.71. The first-order valence-corrected chi connectivity index (χ1v) is 7.89. The lowest BCUT2D eigenvalue weighted by molar-refractivity contribution is -0.132. The van der Waals surface area contributed by atoms with Gasteiger partial charge in [-0.1, -0.05) is 44.2 Å². The summed E-state index contributed by atoms with van der Waals surface area (Å²) in [5, 5.41) is 0. The van der Waals surface area contributed by atoms with Gasteiger partial charge in [0.2, 0.25) is 0 Å². The summed E-state index contributed by atoms with van der Waals surface area (Å²) in [7, 11) is 0. The van der Waals surface area contributed by atoms with Crippen LogP contribution in [0.1, 0.15) is 57.4 Å². The van der Waals surface area contributed by atoms with Gasteiger partial charge in [0.1, 0.15) is 0 Å². The molecule has 20 heavy (non-hydrogen) atoms. The molecule has 0 radical (unpaired) electrons. The van der Waals surface area contributed by atoms with Crippen molar-refractivity contribution in [1.29, 1.82) is 0 Å². The van der Waals surface area contributed by atoms with E-state index in [1.165, 1.54) is 12.0 Å². The van der Waals surface area contributed by atoms with Crippen molar-refractivity contribution in [1.82, 2.24) is 0 Å². The zero-order chi connectivity index (χ0) is 14.2.